The minimum atomic E-state index is -0.0156. The molecule has 3 heterocycles. The van der Waals surface area contributed by atoms with Crippen molar-refractivity contribution in [3.8, 4) is 0 Å². The van der Waals surface area contributed by atoms with Gasteiger partial charge in [0.25, 0.3) is 0 Å². The fourth-order valence-electron chi connectivity index (χ4n) is 3.21. The average molecular weight is 323 g/mol. The van der Waals surface area contributed by atoms with Crippen LogP contribution in [0.25, 0.3) is 0 Å². The Balaban J connectivity index is 1.55. The van der Waals surface area contributed by atoms with Crippen molar-refractivity contribution in [3.63, 3.8) is 0 Å². The van der Waals surface area contributed by atoms with Crippen LogP contribution < -0.4 is 5.73 Å². The summed E-state index contributed by atoms with van der Waals surface area (Å²) >= 11 is 0. The zero-order valence-corrected chi connectivity index (χ0v) is 13.4. The highest BCUT2D eigenvalue weighted by atomic mass is 16.5. The number of aromatic nitrogens is 4. The van der Waals surface area contributed by atoms with Crippen LogP contribution in [0.15, 0.2) is 0 Å². The van der Waals surface area contributed by atoms with E-state index < -0.39 is 0 Å². The lowest BCUT2D eigenvalue weighted by Gasteiger charge is -2.31. The first-order chi connectivity index (χ1) is 11.2. The summed E-state index contributed by atoms with van der Waals surface area (Å²) in [6.45, 7) is 5.28. The van der Waals surface area contributed by atoms with Crippen LogP contribution in [0.2, 0.25) is 0 Å². The van der Waals surface area contributed by atoms with E-state index in [4.69, 9.17) is 10.5 Å². The maximum absolute atomic E-state index is 12.5. The number of nitrogen functional groups attached to an aromatic ring is 1. The number of amides is 1. The number of tetrazole rings is 1. The summed E-state index contributed by atoms with van der Waals surface area (Å²) in [5.74, 6) is 0.146. The number of hydrogen-bond acceptors (Lipinski definition) is 7. The molecule has 3 rings (SSSR count). The quantitative estimate of drug-likeness (QED) is 0.786. The third-order valence-electron chi connectivity index (χ3n) is 4.46. The normalized spacial score (nSPS) is 23.7. The van der Waals surface area contributed by atoms with Gasteiger partial charge in [-0.3, -0.25) is 4.79 Å². The molecule has 0 radical (unpaired) electrons. The molecule has 0 spiro atoms. The third kappa shape index (κ3) is 4.38. The van der Waals surface area contributed by atoms with E-state index >= 15 is 0 Å². The van der Waals surface area contributed by atoms with Crippen molar-refractivity contribution in [1.82, 2.24) is 30.0 Å². The Labute approximate surface area is 135 Å². The largest absolute Gasteiger partial charge is 0.375 e. The summed E-state index contributed by atoms with van der Waals surface area (Å²) in [6, 6.07) is 0. The van der Waals surface area contributed by atoms with E-state index in [9.17, 15) is 4.79 Å². The molecule has 2 aliphatic rings. The minimum absolute atomic E-state index is 0.0156. The van der Waals surface area contributed by atoms with Crippen molar-refractivity contribution in [3.05, 3.63) is 0 Å². The third-order valence-corrected chi connectivity index (χ3v) is 4.46. The van der Waals surface area contributed by atoms with Crippen molar-refractivity contribution in [2.75, 3.05) is 45.1 Å². The summed E-state index contributed by atoms with van der Waals surface area (Å²) in [7, 11) is 0. The second-order valence-electron chi connectivity index (χ2n) is 6.24. The molecule has 0 aromatic carbocycles. The number of hydrogen-bond donors (Lipinski definition) is 1. The second kappa shape index (κ2) is 7.69. The molecule has 1 aromatic rings. The number of carbonyl (C=O) groups excluding carboxylic acids is 1. The number of carbonyl (C=O) groups is 1. The first kappa shape index (κ1) is 16.1. The summed E-state index contributed by atoms with van der Waals surface area (Å²) in [4.78, 5) is 16.8. The van der Waals surface area contributed by atoms with Crippen LogP contribution in [0.5, 0.6) is 0 Å². The summed E-state index contributed by atoms with van der Waals surface area (Å²) in [6.07, 6.45) is 4.76. The monoisotopic (exact) mass is 323 g/mol. The van der Waals surface area contributed by atoms with Crippen molar-refractivity contribution in [1.29, 1.82) is 0 Å². The lowest BCUT2D eigenvalue weighted by atomic mass is 10.1. The van der Waals surface area contributed by atoms with E-state index in [0.29, 0.717) is 19.7 Å². The van der Waals surface area contributed by atoms with Gasteiger partial charge >= 0.3 is 0 Å². The SMILES string of the molecule is Nc1nnnn1CC(=O)N1CCCOC(CN2CCCCC2)C1. The highest BCUT2D eigenvalue weighted by Gasteiger charge is 2.25. The lowest BCUT2D eigenvalue weighted by Crippen LogP contribution is -2.44. The van der Waals surface area contributed by atoms with Crippen LogP contribution in [-0.2, 0) is 16.1 Å². The number of likely N-dealkylation sites (tertiary alicyclic amines) is 1. The molecule has 9 nitrogen and oxygen atoms in total. The predicted molar refractivity (Wildman–Crippen MR) is 83.5 cm³/mol. The fraction of sp³-hybridized carbons (Fsp3) is 0.857. The molecule has 1 aromatic heterocycles. The Morgan fingerprint density at radius 2 is 2.04 bits per heavy atom. The Hall–Kier alpha value is -1.74. The van der Waals surface area contributed by atoms with Gasteiger partial charge in [-0.2, -0.15) is 0 Å². The lowest BCUT2D eigenvalue weighted by molar-refractivity contribution is -0.133. The van der Waals surface area contributed by atoms with Gasteiger partial charge in [0.15, 0.2) is 0 Å². The minimum Gasteiger partial charge on any atom is -0.375 e. The topological polar surface area (TPSA) is 102 Å². The first-order valence-electron chi connectivity index (χ1n) is 8.36. The van der Waals surface area contributed by atoms with E-state index in [2.05, 4.69) is 20.4 Å². The van der Waals surface area contributed by atoms with Crippen molar-refractivity contribution in [2.24, 2.45) is 0 Å². The van der Waals surface area contributed by atoms with Crippen LogP contribution in [0.1, 0.15) is 25.7 Å². The summed E-state index contributed by atoms with van der Waals surface area (Å²) in [5.41, 5.74) is 5.62. The van der Waals surface area contributed by atoms with E-state index in [-0.39, 0.29) is 24.5 Å². The molecule has 0 saturated carbocycles. The molecule has 0 aliphatic carbocycles. The molecule has 23 heavy (non-hydrogen) atoms. The number of ether oxygens (including phenoxy) is 1. The van der Waals surface area contributed by atoms with E-state index in [1.165, 1.54) is 23.9 Å². The highest BCUT2D eigenvalue weighted by Crippen LogP contribution is 2.13. The van der Waals surface area contributed by atoms with E-state index in [0.717, 1.165) is 26.1 Å². The first-order valence-corrected chi connectivity index (χ1v) is 8.36. The molecule has 2 saturated heterocycles. The second-order valence-corrected chi connectivity index (χ2v) is 6.24. The van der Waals surface area contributed by atoms with Gasteiger partial charge < -0.3 is 20.3 Å². The van der Waals surface area contributed by atoms with Crippen molar-refractivity contribution in [2.45, 2.75) is 38.3 Å². The van der Waals surface area contributed by atoms with Gasteiger partial charge in [-0.15, -0.1) is 0 Å². The number of rotatable bonds is 4. The molecule has 2 N–H and O–H groups in total. The molecular weight excluding hydrogens is 298 g/mol. The van der Waals surface area contributed by atoms with Gasteiger partial charge in [-0.25, -0.2) is 4.68 Å². The molecule has 1 amide bonds. The van der Waals surface area contributed by atoms with Crippen LogP contribution >= 0.6 is 0 Å². The maximum Gasteiger partial charge on any atom is 0.244 e. The van der Waals surface area contributed by atoms with Crippen LogP contribution in [-0.4, -0.2) is 81.3 Å². The number of anilines is 1. The number of nitrogens with two attached hydrogens (primary N) is 1. The van der Waals surface area contributed by atoms with Crippen molar-refractivity contribution < 1.29 is 9.53 Å². The smallest absolute Gasteiger partial charge is 0.244 e. The molecule has 1 atom stereocenters. The number of nitrogens with zero attached hydrogens (tertiary/aromatic N) is 6. The number of piperidine rings is 1. The molecular formula is C14H25N7O2. The Bertz CT molecular complexity index is 515. The van der Waals surface area contributed by atoms with E-state index in [1.54, 1.807) is 0 Å². The standard InChI is InChI=1S/C14H25N7O2/c15-14-16-17-18-21(14)11-13(22)20-7-4-8-23-12(10-20)9-19-5-2-1-3-6-19/h12H,1-11H2,(H2,15,16,18). The molecule has 128 valence electrons. The van der Waals surface area contributed by atoms with Gasteiger partial charge in [0, 0.05) is 26.2 Å². The molecule has 0 bridgehead atoms. The zero-order chi connectivity index (χ0) is 16.1. The average Bonchev–Trinajstić information content (AvgIpc) is 2.82. The van der Waals surface area contributed by atoms with Gasteiger partial charge in [-0.1, -0.05) is 11.5 Å². The Kier molecular flexibility index (Phi) is 5.39. The highest BCUT2D eigenvalue weighted by molar-refractivity contribution is 5.76. The van der Waals surface area contributed by atoms with E-state index in [1.807, 2.05) is 4.90 Å². The van der Waals surface area contributed by atoms with Crippen molar-refractivity contribution >= 4 is 11.9 Å². The Morgan fingerprint density at radius 3 is 2.78 bits per heavy atom. The Morgan fingerprint density at radius 1 is 1.22 bits per heavy atom. The molecule has 2 fully saturated rings. The van der Waals surface area contributed by atoms with Gasteiger partial charge in [0.2, 0.25) is 11.9 Å². The summed E-state index contributed by atoms with van der Waals surface area (Å²) < 4.78 is 7.26. The maximum atomic E-state index is 12.5. The van der Waals surface area contributed by atoms with Crippen LogP contribution in [0, 0.1) is 0 Å². The van der Waals surface area contributed by atoms with Gasteiger partial charge in [-0.05, 0) is 42.8 Å². The van der Waals surface area contributed by atoms with Crippen LogP contribution in [0.4, 0.5) is 5.95 Å². The van der Waals surface area contributed by atoms with Gasteiger partial charge in [0.05, 0.1) is 6.10 Å². The van der Waals surface area contributed by atoms with Crippen LogP contribution in [0.3, 0.4) is 0 Å². The zero-order valence-electron chi connectivity index (χ0n) is 13.4. The molecule has 2 aliphatic heterocycles. The molecule has 1 unspecified atom stereocenters. The van der Waals surface area contributed by atoms with Gasteiger partial charge in [0.1, 0.15) is 6.54 Å². The summed E-state index contributed by atoms with van der Waals surface area (Å²) in [5, 5.41) is 10.8. The molecule has 9 heteroatoms. The fourth-order valence-corrected chi connectivity index (χ4v) is 3.21. The predicted octanol–water partition coefficient (Wildman–Crippen LogP) is -0.641.